The number of hydrogen-bond donors (Lipinski definition) is 2. The van der Waals surface area contributed by atoms with E-state index >= 15 is 0 Å². The molecule has 1 heterocycles. The number of anilines is 1. The Hall–Kier alpha value is -1.62. The molecule has 0 fully saturated rings. The number of nitrogens with one attached hydrogen (secondary N) is 1. The standard InChI is InChI=1S/C13H22N4O/c1-4-15-13(18)12-9-11(6-8-16-12)17(3)10(2)5-7-14/h6,8-10H,4-5,7,14H2,1-3H3,(H,15,18). The van der Waals surface area contributed by atoms with Gasteiger partial charge in [-0.15, -0.1) is 0 Å². The lowest BCUT2D eigenvalue weighted by molar-refractivity contribution is 0.0951. The van der Waals surface area contributed by atoms with E-state index in [0.717, 1.165) is 12.1 Å². The third-order valence-corrected chi connectivity index (χ3v) is 2.97. The maximum atomic E-state index is 11.7. The van der Waals surface area contributed by atoms with Crippen LogP contribution in [0.15, 0.2) is 18.3 Å². The molecule has 1 aromatic heterocycles. The van der Waals surface area contributed by atoms with Gasteiger partial charge in [0, 0.05) is 31.5 Å². The van der Waals surface area contributed by atoms with Gasteiger partial charge in [0.2, 0.25) is 0 Å². The van der Waals surface area contributed by atoms with E-state index in [0.29, 0.717) is 24.8 Å². The monoisotopic (exact) mass is 250 g/mol. The van der Waals surface area contributed by atoms with Crippen molar-refractivity contribution in [3.63, 3.8) is 0 Å². The van der Waals surface area contributed by atoms with E-state index in [1.807, 2.05) is 20.0 Å². The van der Waals surface area contributed by atoms with Gasteiger partial charge < -0.3 is 16.0 Å². The first kappa shape index (κ1) is 14.4. The van der Waals surface area contributed by atoms with Crippen LogP contribution >= 0.6 is 0 Å². The molecule has 0 bridgehead atoms. The van der Waals surface area contributed by atoms with E-state index in [4.69, 9.17) is 5.73 Å². The van der Waals surface area contributed by atoms with Crippen LogP contribution in [0.3, 0.4) is 0 Å². The smallest absolute Gasteiger partial charge is 0.269 e. The average molecular weight is 250 g/mol. The Morgan fingerprint density at radius 3 is 2.94 bits per heavy atom. The molecule has 1 amide bonds. The molecule has 3 N–H and O–H groups in total. The summed E-state index contributed by atoms with van der Waals surface area (Å²) in [5.41, 5.74) is 6.98. The van der Waals surface area contributed by atoms with Crippen LogP contribution in [0.25, 0.3) is 0 Å². The molecule has 18 heavy (non-hydrogen) atoms. The van der Waals surface area contributed by atoms with Crippen LogP contribution in [-0.4, -0.2) is 37.1 Å². The van der Waals surface area contributed by atoms with Gasteiger partial charge in [-0.3, -0.25) is 9.78 Å². The van der Waals surface area contributed by atoms with Gasteiger partial charge in [0.15, 0.2) is 0 Å². The van der Waals surface area contributed by atoms with Gasteiger partial charge in [-0.1, -0.05) is 0 Å². The quantitative estimate of drug-likeness (QED) is 0.790. The first-order valence-corrected chi connectivity index (χ1v) is 6.27. The first-order valence-electron chi connectivity index (χ1n) is 6.27. The summed E-state index contributed by atoms with van der Waals surface area (Å²) in [6, 6.07) is 4.03. The molecular weight excluding hydrogens is 228 g/mol. The van der Waals surface area contributed by atoms with Crippen LogP contribution in [0.2, 0.25) is 0 Å². The molecule has 0 spiro atoms. The molecule has 5 nitrogen and oxygen atoms in total. The van der Waals surface area contributed by atoms with E-state index in [2.05, 4.69) is 22.1 Å². The zero-order valence-electron chi connectivity index (χ0n) is 11.3. The Labute approximate surface area is 108 Å². The highest BCUT2D eigenvalue weighted by molar-refractivity contribution is 5.93. The van der Waals surface area contributed by atoms with Crippen LogP contribution in [0.5, 0.6) is 0 Å². The van der Waals surface area contributed by atoms with Gasteiger partial charge >= 0.3 is 0 Å². The van der Waals surface area contributed by atoms with Crippen LogP contribution in [0.4, 0.5) is 5.69 Å². The SMILES string of the molecule is CCNC(=O)c1cc(N(C)C(C)CCN)ccn1. The van der Waals surface area contributed by atoms with E-state index in [1.165, 1.54) is 0 Å². The maximum absolute atomic E-state index is 11.7. The summed E-state index contributed by atoms with van der Waals surface area (Å²) in [4.78, 5) is 17.9. The van der Waals surface area contributed by atoms with Gasteiger partial charge in [-0.2, -0.15) is 0 Å². The number of nitrogens with zero attached hydrogens (tertiary/aromatic N) is 2. The Morgan fingerprint density at radius 1 is 1.61 bits per heavy atom. The molecule has 1 rings (SSSR count). The predicted molar refractivity (Wildman–Crippen MR) is 73.8 cm³/mol. The number of hydrogen-bond acceptors (Lipinski definition) is 4. The van der Waals surface area contributed by atoms with Crippen molar-refractivity contribution in [1.29, 1.82) is 0 Å². The summed E-state index contributed by atoms with van der Waals surface area (Å²) in [5, 5.41) is 2.74. The lowest BCUT2D eigenvalue weighted by atomic mass is 10.2. The van der Waals surface area contributed by atoms with Crippen molar-refractivity contribution in [3.05, 3.63) is 24.0 Å². The van der Waals surface area contributed by atoms with Gasteiger partial charge in [-0.05, 0) is 38.9 Å². The molecule has 1 unspecified atom stereocenters. The predicted octanol–water partition coefficient (Wildman–Crippen LogP) is 1.00. The van der Waals surface area contributed by atoms with Gasteiger partial charge in [-0.25, -0.2) is 0 Å². The number of rotatable bonds is 6. The minimum atomic E-state index is -0.140. The second-order valence-electron chi connectivity index (χ2n) is 4.30. The first-order chi connectivity index (χ1) is 8.60. The Balaban J connectivity index is 2.84. The second kappa shape index (κ2) is 6.96. The van der Waals surface area contributed by atoms with Gasteiger partial charge in [0.25, 0.3) is 5.91 Å². The normalized spacial score (nSPS) is 12.0. The molecule has 100 valence electrons. The van der Waals surface area contributed by atoms with E-state index in [1.54, 1.807) is 12.3 Å². The Morgan fingerprint density at radius 2 is 2.33 bits per heavy atom. The molecule has 1 atom stereocenters. The molecule has 0 aliphatic carbocycles. The van der Waals surface area contributed by atoms with Crippen molar-refractivity contribution in [3.8, 4) is 0 Å². The zero-order valence-corrected chi connectivity index (χ0v) is 11.3. The number of carbonyl (C=O) groups excluding carboxylic acids is 1. The van der Waals surface area contributed by atoms with Crippen LogP contribution < -0.4 is 16.0 Å². The fourth-order valence-electron chi connectivity index (χ4n) is 1.70. The highest BCUT2D eigenvalue weighted by Gasteiger charge is 2.12. The lowest BCUT2D eigenvalue weighted by Gasteiger charge is -2.26. The van der Waals surface area contributed by atoms with Gasteiger partial charge in [0.05, 0.1) is 0 Å². The average Bonchev–Trinajstić information content (AvgIpc) is 2.38. The zero-order chi connectivity index (χ0) is 13.5. The van der Waals surface area contributed by atoms with Crippen LogP contribution in [-0.2, 0) is 0 Å². The van der Waals surface area contributed by atoms with E-state index in [9.17, 15) is 4.79 Å². The number of pyridine rings is 1. The largest absolute Gasteiger partial charge is 0.372 e. The molecule has 0 radical (unpaired) electrons. The molecule has 0 saturated heterocycles. The molecular formula is C13H22N4O. The van der Waals surface area contributed by atoms with E-state index in [-0.39, 0.29) is 5.91 Å². The number of aromatic nitrogens is 1. The number of amides is 1. The van der Waals surface area contributed by atoms with Crippen LogP contribution in [0, 0.1) is 0 Å². The summed E-state index contributed by atoms with van der Waals surface area (Å²) in [7, 11) is 2.00. The molecule has 0 saturated carbocycles. The van der Waals surface area contributed by atoms with Gasteiger partial charge in [0.1, 0.15) is 5.69 Å². The summed E-state index contributed by atoms with van der Waals surface area (Å²) < 4.78 is 0. The number of carbonyl (C=O) groups is 1. The van der Waals surface area contributed by atoms with Crippen molar-refractivity contribution in [2.75, 3.05) is 25.0 Å². The molecule has 0 aliphatic rings. The Bertz CT molecular complexity index is 394. The van der Waals surface area contributed by atoms with Crippen molar-refractivity contribution >= 4 is 11.6 Å². The van der Waals surface area contributed by atoms with E-state index < -0.39 is 0 Å². The maximum Gasteiger partial charge on any atom is 0.269 e. The minimum Gasteiger partial charge on any atom is -0.372 e. The van der Waals surface area contributed by atoms with Crippen molar-refractivity contribution in [1.82, 2.24) is 10.3 Å². The fraction of sp³-hybridized carbons (Fsp3) is 0.538. The minimum absolute atomic E-state index is 0.140. The van der Waals surface area contributed by atoms with Crippen molar-refractivity contribution in [2.45, 2.75) is 26.3 Å². The van der Waals surface area contributed by atoms with Crippen molar-refractivity contribution in [2.24, 2.45) is 5.73 Å². The molecule has 1 aromatic rings. The molecule has 0 aromatic carbocycles. The summed E-state index contributed by atoms with van der Waals surface area (Å²) in [6.45, 7) is 5.25. The highest BCUT2D eigenvalue weighted by atomic mass is 16.1. The topological polar surface area (TPSA) is 71.2 Å². The summed E-state index contributed by atoms with van der Waals surface area (Å²) in [6.07, 6.45) is 2.57. The molecule has 0 aliphatic heterocycles. The number of nitrogens with two attached hydrogens (primary N) is 1. The van der Waals surface area contributed by atoms with Crippen molar-refractivity contribution < 1.29 is 4.79 Å². The third-order valence-electron chi connectivity index (χ3n) is 2.97. The summed E-state index contributed by atoms with van der Waals surface area (Å²) in [5.74, 6) is -0.140. The Kier molecular flexibility index (Phi) is 5.58. The van der Waals surface area contributed by atoms with Crippen LogP contribution in [0.1, 0.15) is 30.8 Å². The summed E-state index contributed by atoms with van der Waals surface area (Å²) >= 11 is 0. The fourth-order valence-corrected chi connectivity index (χ4v) is 1.70. The third kappa shape index (κ3) is 3.70. The lowest BCUT2D eigenvalue weighted by Crippen LogP contribution is -2.31. The second-order valence-corrected chi connectivity index (χ2v) is 4.30. The molecule has 5 heteroatoms. The highest BCUT2D eigenvalue weighted by Crippen LogP contribution is 2.16.